The molecule has 0 amide bonds. The predicted octanol–water partition coefficient (Wildman–Crippen LogP) is 1.29. The van der Waals surface area contributed by atoms with Gasteiger partial charge in [-0.3, -0.25) is 0 Å². The molecule has 2 N–H and O–H groups in total. The molecule has 1 aromatic rings. The Morgan fingerprint density at radius 3 is 2.60 bits per heavy atom. The van der Waals surface area contributed by atoms with Crippen LogP contribution in [0.4, 0.5) is 11.4 Å². The molecule has 3 heteroatoms. The average Bonchev–Trinajstić information content (AvgIpc) is 2.26. The molecule has 0 saturated heterocycles. The quantitative estimate of drug-likeness (QED) is 0.789. The van der Waals surface area contributed by atoms with Crippen LogP contribution in [0.15, 0.2) is 24.3 Å². The van der Waals surface area contributed by atoms with Crippen molar-refractivity contribution in [3.8, 4) is 0 Å². The number of fused-ring (bicyclic) bond motifs is 1. The van der Waals surface area contributed by atoms with Crippen molar-refractivity contribution in [2.24, 2.45) is 5.73 Å². The SMILES string of the molecule is CN1CC(CCN)N(C)c2ccccc21. The highest BCUT2D eigenvalue weighted by Gasteiger charge is 2.25. The Labute approximate surface area is 91.5 Å². The van der Waals surface area contributed by atoms with Gasteiger partial charge in [0.15, 0.2) is 0 Å². The summed E-state index contributed by atoms with van der Waals surface area (Å²) < 4.78 is 0. The Morgan fingerprint density at radius 1 is 1.27 bits per heavy atom. The molecule has 0 saturated carbocycles. The van der Waals surface area contributed by atoms with Gasteiger partial charge in [0.1, 0.15) is 0 Å². The van der Waals surface area contributed by atoms with E-state index in [-0.39, 0.29) is 0 Å². The zero-order valence-corrected chi connectivity index (χ0v) is 9.48. The summed E-state index contributed by atoms with van der Waals surface area (Å²) in [7, 11) is 4.31. The van der Waals surface area contributed by atoms with Gasteiger partial charge in [0.05, 0.1) is 11.4 Å². The molecule has 0 aromatic heterocycles. The van der Waals surface area contributed by atoms with Crippen LogP contribution in [0.1, 0.15) is 6.42 Å². The summed E-state index contributed by atoms with van der Waals surface area (Å²) >= 11 is 0. The molecule has 82 valence electrons. The third-order valence-corrected chi connectivity index (χ3v) is 3.21. The van der Waals surface area contributed by atoms with Crippen LogP contribution in [-0.4, -0.2) is 33.2 Å². The number of anilines is 2. The number of nitrogens with zero attached hydrogens (tertiary/aromatic N) is 2. The maximum absolute atomic E-state index is 5.64. The number of rotatable bonds is 2. The van der Waals surface area contributed by atoms with Crippen molar-refractivity contribution >= 4 is 11.4 Å². The van der Waals surface area contributed by atoms with Crippen LogP contribution >= 0.6 is 0 Å². The lowest BCUT2D eigenvalue weighted by atomic mass is 10.1. The fraction of sp³-hybridized carbons (Fsp3) is 0.500. The molecule has 1 heterocycles. The summed E-state index contributed by atoms with van der Waals surface area (Å²) in [6, 6.07) is 9.06. The van der Waals surface area contributed by atoms with E-state index in [1.807, 2.05) is 0 Å². The molecule has 1 unspecified atom stereocenters. The summed E-state index contributed by atoms with van der Waals surface area (Å²) in [4.78, 5) is 4.66. The van der Waals surface area contributed by atoms with Gasteiger partial charge in [-0.2, -0.15) is 0 Å². The molecule has 1 aromatic carbocycles. The topological polar surface area (TPSA) is 32.5 Å². The molecule has 0 bridgehead atoms. The average molecular weight is 205 g/mol. The van der Waals surface area contributed by atoms with Gasteiger partial charge in [-0.1, -0.05) is 12.1 Å². The molecule has 0 spiro atoms. The van der Waals surface area contributed by atoms with E-state index >= 15 is 0 Å². The second-order valence-corrected chi connectivity index (χ2v) is 4.21. The van der Waals surface area contributed by atoms with Crippen molar-refractivity contribution in [3.05, 3.63) is 24.3 Å². The third-order valence-electron chi connectivity index (χ3n) is 3.21. The van der Waals surface area contributed by atoms with Crippen LogP contribution in [-0.2, 0) is 0 Å². The van der Waals surface area contributed by atoms with Crippen molar-refractivity contribution < 1.29 is 0 Å². The maximum atomic E-state index is 5.64. The Kier molecular flexibility index (Phi) is 2.82. The Hall–Kier alpha value is -1.22. The molecule has 15 heavy (non-hydrogen) atoms. The minimum atomic E-state index is 0.537. The lowest BCUT2D eigenvalue weighted by Gasteiger charge is -2.41. The van der Waals surface area contributed by atoms with Crippen LogP contribution in [0.5, 0.6) is 0 Å². The van der Waals surface area contributed by atoms with Crippen molar-refractivity contribution in [1.29, 1.82) is 0 Å². The second kappa shape index (κ2) is 4.11. The van der Waals surface area contributed by atoms with E-state index in [4.69, 9.17) is 5.73 Å². The Balaban J connectivity index is 2.31. The summed E-state index contributed by atoms with van der Waals surface area (Å²) in [5.41, 5.74) is 8.26. The minimum absolute atomic E-state index is 0.537. The van der Waals surface area contributed by atoms with Crippen LogP contribution in [0, 0.1) is 0 Å². The lowest BCUT2D eigenvalue weighted by Crippen LogP contribution is -2.46. The fourth-order valence-corrected chi connectivity index (χ4v) is 2.30. The number of hydrogen-bond donors (Lipinski definition) is 1. The number of hydrogen-bond acceptors (Lipinski definition) is 3. The molecule has 1 atom stereocenters. The number of benzene rings is 1. The number of para-hydroxylation sites is 2. The first-order chi connectivity index (χ1) is 7.24. The van der Waals surface area contributed by atoms with Gasteiger partial charge < -0.3 is 15.5 Å². The second-order valence-electron chi connectivity index (χ2n) is 4.21. The maximum Gasteiger partial charge on any atom is 0.0604 e. The van der Waals surface area contributed by atoms with Crippen molar-refractivity contribution in [2.75, 3.05) is 37.0 Å². The summed E-state index contributed by atoms with van der Waals surface area (Å²) in [5.74, 6) is 0. The third kappa shape index (κ3) is 1.79. The van der Waals surface area contributed by atoms with E-state index in [9.17, 15) is 0 Å². The molecule has 3 nitrogen and oxygen atoms in total. The molecular weight excluding hydrogens is 186 g/mol. The van der Waals surface area contributed by atoms with E-state index in [0.29, 0.717) is 6.04 Å². The first-order valence-electron chi connectivity index (χ1n) is 5.47. The van der Waals surface area contributed by atoms with Gasteiger partial charge in [-0.05, 0) is 25.1 Å². The van der Waals surface area contributed by atoms with E-state index < -0.39 is 0 Å². The molecule has 0 fully saturated rings. The van der Waals surface area contributed by atoms with Crippen molar-refractivity contribution in [2.45, 2.75) is 12.5 Å². The summed E-state index contributed by atoms with van der Waals surface area (Å²) in [6.45, 7) is 1.82. The smallest absolute Gasteiger partial charge is 0.0604 e. The fourth-order valence-electron chi connectivity index (χ4n) is 2.30. The largest absolute Gasteiger partial charge is 0.371 e. The summed E-state index contributed by atoms with van der Waals surface area (Å²) in [5, 5.41) is 0. The van der Waals surface area contributed by atoms with Gasteiger partial charge in [0, 0.05) is 26.7 Å². The monoisotopic (exact) mass is 205 g/mol. The van der Waals surface area contributed by atoms with Gasteiger partial charge in [-0.25, -0.2) is 0 Å². The van der Waals surface area contributed by atoms with E-state index in [0.717, 1.165) is 19.5 Å². The highest BCUT2D eigenvalue weighted by atomic mass is 15.3. The molecule has 0 aliphatic carbocycles. The molecular formula is C12H19N3. The van der Waals surface area contributed by atoms with Crippen molar-refractivity contribution in [3.63, 3.8) is 0 Å². The highest BCUT2D eigenvalue weighted by molar-refractivity contribution is 5.73. The first-order valence-corrected chi connectivity index (χ1v) is 5.47. The zero-order valence-electron chi connectivity index (χ0n) is 9.48. The normalized spacial score (nSPS) is 20.3. The molecule has 1 aliphatic heterocycles. The lowest BCUT2D eigenvalue weighted by molar-refractivity contribution is 0.567. The van der Waals surface area contributed by atoms with Gasteiger partial charge in [0.25, 0.3) is 0 Å². The van der Waals surface area contributed by atoms with Crippen LogP contribution in [0.2, 0.25) is 0 Å². The van der Waals surface area contributed by atoms with E-state index in [2.05, 4.69) is 48.2 Å². The van der Waals surface area contributed by atoms with Crippen LogP contribution < -0.4 is 15.5 Å². The minimum Gasteiger partial charge on any atom is -0.371 e. The van der Waals surface area contributed by atoms with Gasteiger partial charge in [-0.15, -0.1) is 0 Å². The predicted molar refractivity (Wildman–Crippen MR) is 65.6 cm³/mol. The highest BCUT2D eigenvalue weighted by Crippen LogP contribution is 2.33. The molecule has 0 radical (unpaired) electrons. The van der Waals surface area contributed by atoms with Crippen LogP contribution in [0.3, 0.4) is 0 Å². The zero-order chi connectivity index (χ0) is 10.8. The standard InChI is InChI=1S/C12H19N3/c1-14-9-10(7-8-13)15(2)12-6-4-3-5-11(12)14/h3-6,10H,7-9,13H2,1-2H3. The number of likely N-dealkylation sites (N-methyl/N-ethyl adjacent to an activating group) is 2. The Bertz CT molecular complexity index is 337. The van der Waals surface area contributed by atoms with E-state index in [1.165, 1.54) is 11.4 Å². The summed E-state index contributed by atoms with van der Waals surface area (Å²) in [6.07, 6.45) is 1.05. The van der Waals surface area contributed by atoms with Gasteiger partial charge in [0.2, 0.25) is 0 Å². The van der Waals surface area contributed by atoms with E-state index in [1.54, 1.807) is 0 Å². The molecule has 1 aliphatic rings. The van der Waals surface area contributed by atoms with Gasteiger partial charge >= 0.3 is 0 Å². The molecule has 2 rings (SSSR count). The Morgan fingerprint density at radius 2 is 1.93 bits per heavy atom. The first kappa shape index (κ1) is 10.3. The van der Waals surface area contributed by atoms with Crippen molar-refractivity contribution in [1.82, 2.24) is 0 Å². The van der Waals surface area contributed by atoms with Crippen LogP contribution in [0.25, 0.3) is 0 Å². The number of nitrogens with two attached hydrogens (primary N) is 1.